The fourth-order valence-electron chi connectivity index (χ4n) is 2.63. The van der Waals surface area contributed by atoms with Crippen molar-refractivity contribution in [3.63, 3.8) is 0 Å². The number of hydrogen-bond donors (Lipinski definition) is 3. The lowest BCUT2D eigenvalue weighted by Gasteiger charge is -2.08. The zero-order valence-electron chi connectivity index (χ0n) is 14.9. The van der Waals surface area contributed by atoms with Crippen LogP contribution >= 0.6 is 11.6 Å². The van der Waals surface area contributed by atoms with E-state index in [0.29, 0.717) is 16.3 Å². The molecule has 3 rings (SSSR count). The van der Waals surface area contributed by atoms with Crippen molar-refractivity contribution < 1.29 is 14.7 Å². The molecule has 3 N–H and O–H groups in total. The van der Waals surface area contributed by atoms with Gasteiger partial charge in [0.15, 0.2) is 0 Å². The Labute approximate surface area is 166 Å². The average molecular weight is 396 g/mol. The number of hydrogen-bond acceptors (Lipinski definition) is 4. The second-order valence-corrected chi connectivity index (χ2v) is 6.51. The number of halogens is 1. The van der Waals surface area contributed by atoms with Crippen molar-refractivity contribution >= 4 is 46.1 Å². The van der Waals surface area contributed by atoms with Crippen LogP contribution in [-0.4, -0.2) is 23.1 Å². The highest BCUT2D eigenvalue weighted by Crippen LogP contribution is 2.23. The van der Waals surface area contributed by atoms with E-state index in [4.69, 9.17) is 11.6 Å². The first-order valence-corrected chi connectivity index (χ1v) is 8.99. The SMILES string of the molecule is O=C(CCC(=O)Nc1cccc2ccccc12)N/N=C\c1cc(Cl)ccc1O. The first kappa shape index (κ1) is 19.4. The zero-order valence-corrected chi connectivity index (χ0v) is 15.6. The summed E-state index contributed by atoms with van der Waals surface area (Å²) in [4.78, 5) is 24.0. The highest BCUT2D eigenvalue weighted by atomic mass is 35.5. The summed E-state index contributed by atoms with van der Waals surface area (Å²) >= 11 is 5.84. The summed E-state index contributed by atoms with van der Waals surface area (Å²) < 4.78 is 0. The quantitative estimate of drug-likeness (QED) is 0.434. The molecule has 0 aliphatic carbocycles. The zero-order chi connectivity index (χ0) is 19.9. The Morgan fingerprint density at radius 3 is 2.61 bits per heavy atom. The number of nitrogens with one attached hydrogen (secondary N) is 2. The highest BCUT2D eigenvalue weighted by molar-refractivity contribution is 6.30. The predicted octanol–water partition coefficient (Wildman–Crippen LogP) is 4.07. The lowest BCUT2D eigenvalue weighted by atomic mass is 10.1. The molecule has 142 valence electrons. The molecular weight excluding hydrogens is 378 g/mol. The summed E-state index contributed by atoms with van der Waals surface area (Å²) in [7, 11) is 0. The average Bonchev–Trinajstić information content (AvgIpc) is 2.69. The van der Waals surface area contributed by atoms with E-state index in [1.165, 1.54) is 18.3 Å². The van der Waals surface area contributed by atoms with Crippen LogP contribution < -0.4 is 10.7 Å². The van der Waals surface area contributed by atoms with Crippen LogP contribution in [0.3, 0.4) is 0 Å². The first-order valence-electron chi connectivity index (χ1n) is 8.61. The summed E-state index contributed by atoms with van der Waals surface area (Å²) in [5.74, 6) is -0.675. The van der Waals surface area contributed by atoms with Gasteiger partial charge in [-0.05, 0) is 29.7 Å². The molecule has 0 radical (unpaired) electrons. The Kier molecular flexibility index (Phi) is 6.24. The van der Waals surface area contributed by atoms with E-state index in [0.717, 1.165) is 10.8 Å². The molecule has 0 atom stereocenters. The van der Waals surface area contributed by atoms with Crippen LogP contribution in [0.1, 0.15) is 18.4 Å². The third kappa shape index (κ3) is 5.08. The smallest absolute Gasteiger partial charge is 0.240 e. The fraction of sp³-hybridized carbons (Fsp3) is 0.0952. The summed E-state index contributed by atoms with van der Waals surface area (Å²) in [6, 6.07) is 17.9. The molecule has 0 aromatic heterocycles. The molecule has 6 nitrogen and oxygen atoms in total. The second kappa shape index (κ2) is 9.01. The standard InChI is InChI=1S/C21H18ClN3O3/c22-16-8-9-19(26)15(12-16)13-23-25-21(28)11-10-20(27)24-18-7-3-5-14-4-1-2-6-17(14)18/h1-9,12-13,26H,10-11H2,(H,24,27)(H,25,28)/b23-13-. The predicted molar refractivity (Wildman–Crippen MR) is 111 cm³/mol. The van der Waals surface area contributed by atoms with E-state index in [-0.39, 0.29) is 24.5 Å². The van der Waals surface area contributed by atoms with Gasteiger partial charge in [-0.25, -0.2) is 5.43 Å². The summed E-state index contributed by atoms with van der Waals surface area (Å²) in [5, 5.41) is 18.7. The van der Waals surface area contributed by atoms with Gasteiger partial charge in [0.2, 0.25) is 11.8 Å². The van der Waals surface area contributed by atoms with Crippen molar-refractivity contribution in [3.8, 4) is 5.75 Å². The minimum absolute atomic E-state index is 0.00290. The molecule has 7 heteroatoms. The van der Waals surface area contributed by atoms with Crippen molar-refractivity contribution in [1.82, 2.24) is 5.43 Å². The molecular formula is C21H18ClN3O3. The molecule has 3 aromatic rings. The van der Waals surface area contributed by atoms with Gasteiger partial charge < -0.3 is 10.4 Å². The van der Waals surface area contributed by atoms with Crippen molar-refractivity contribution in [2.24, 2.45) is 5.10 Å². The van der Waals surface area contributed by atoms with E-state index in [1.54, 1.807) is 6.07 Å². The van der Waals surface area contributed by atoms with E-state index in [2.05, 4.69) is 15.8 Å². The number of fused-ring (bicyclic) bond motifs is 1. The first-order chi connectivity index (χ1) is 13.5. The summed E-state index contributed by atoms with van der Waals surface area (Å²) in [5.41, 5.74) is 3.41. The molecule has 0 fully saturated rings. The van der Waals surface area contributed by atoms with E-state index in [9.17, 15) is 14.7 Å². The van der Waals surface area contributed by atoms with E-state index >= 15 is 0 Å². The lowest BCUT2D eigenvalue weighted by Crippen LogP contribution is -2.20. The normalized spacial score (nSPS) is 10.9. The Hall–Kier alpha value is -3.38. The number of hydrazone groups is 1. The van der Waals surface area contributed by atoms with Gasteiger partial charge in [0.05, 0.1) is 6.21 Å². The van der Waals surface area contributed by atoms with Gasteiger partial charge in [0.1, 0.15) is 5.75 Å². The van der Waals surface area contributed by atoms with Crippen LogP contribution in [0, 0.1) is 0 Å². The van der Waals surface area contributed by atoms with Crippen molar-refractivity contribution in [3.05, 3.63) is 71.2 Å². The van der Waals surface area contributed by atoms with Crippen LogP contribution in [-0.2, 0) is 9.59 Å². The van der Waals surface area contributed by atoms with Crippen molar-refractivity contribution in [2.75, 3.05) is 5.32 Å². The Balaban J connectivity index is 1.51. The molecule has 0 bridgehead atoms. The van der Waals surface area contributed by atoms with E-state index in [1.807, 2.05) is 42.5 Å². The number of anilines is 1. The number of aromatic hydroxyl groups is 1. The topological polar surface area (TPSA) is 90.8 Å². The van der Waals surface area contributed by atoms with Gasteiger partial charge in [-0.1, -0.05) is 48.0 Å². The van der Waals surface area contributed by atoms with Crippen LogP contribution in [0.4, 0.5) is 5.69 Å². The maximum absolute atomic E-state index is 12.2. The minimum Gasteiger partial charge on any atom is -0.507 e. The third-order valence-electron chi connectivity index (χ3n) is 4.03. The van der Waals surface area contributed by atoms with Crippen molar-refractivity contribution in [1.29, 1.82) is 0 Å². The van der Waals surface area contributed by atoms with Crippen LogP contribution in [0.15, 0.2) is 65.8 Å². The van der Waals surface area contributed by atoms with Gasteiger partial charge in [-0.15, -0.1) is 0 Å². The van der Waals surface area contributed by atoms with Gasteiger partial charge >= 0.3 is 0 Å². The fourth-order valence-corrected chi connectivity index (χ4v) is 2.81. The maximum Gasteiger partial charge on any atom is 0.240 e. The Bertz CT molecular complexity index is 1040. The molecule has 28 heavy (non-hydrogen) atoms. The number of nitrogens with zero attached hydrogens (tertiary/aromatic N) is 1. The Morgan fingerprint density at radius 2 is 1.75 bits per heavy atom. The van der Waals surface area contributed by atoms with Crippen LogP contribution in [0.25, 0.3) is 10.8 Å². The summed E-state index contributed by atoms with van der Waals surface area (Å²) in [6.07, 6.45) is 1.29. The number of phenolic OH excluding ortho intramolecular Hbond substituents is 1. The molecule has 0 saturated heterocycles. The minimum atomic E-state index is -0.411. The largest absolute Gasteiger partial charge is 0.507 e. The number of carbonyl (C=O) groups excluding carboxylic acids is 2. The highest BCUT2D eigenvalue weighted by Gasteiger charge is 2.08. The number of benzene rings is 3. The lowest BCUT2D eigenvalue weighted by molar-refractivity contribution is -0.124. The van der Waals surface area contributed by atoms with Gasteiger partial charge in [-0.3, -0.25) is 9.59 Å². The van der Waals surface area contributed by atoms with Gasteiger partial charge in [0.25, 0.3) is 0 Å². The maximum atomic E-state index is 12.2. The van der Waals surface area contributed by atoms with Crippen LogP contribution in [0.5, 0.6) is 5.75 Å². The Morgan fingerprint density at radius 1 is 1.00 bits per heavy atom. The van der Waals surface area contributed by atoms with Gasteiger partial charge in [0, 0.05) is 34.5 Å². The van der Waals surface area contributed by atoms with E-state index < -0.39 is 5.91 Å². The van der Waals surface area contributed by atoms with Crippen LogP contribution in [0.2, 0.25) is 5.02 Å². The molecule has 0 unspecified atom stereocenters. The molecule has 0 saturated carbocycles. The van der Waals surface area contributed by atoms with Gasteiger partial charge in [-0.2, -0.15) is 5.10 Å². The number of phenols is 1. The second-order valence-electron chi connectivity index (χ2n) is 6.07. The molecule has 0 aliphatic heterocycles. The monoisotopic (exact) mass is 395 g/mol. The number of amides is 2. The molecule has 0 spiro atoms. The molecule has 3 aromatic carbocycles. The number of carbonyl (C=O) groups is 2. The molecule has 2 amide bonds. The summed E-state index contributed by atoms with van der Waals surface area (Å²) in [6.45, 7) is 0. The number of rotatable bonds is 6. The molecule has 0 aliphatic rings. The molecule has 0 heterocycles. The van der Waals surface area contributed by atoms with Crippen molar-refractivity contribution in [2.45, 2.75) is 12.8 Å². The third-order valence-corrected chi connectivity index (χ3v) is 4.26.